The summed E-state index contributed by atoms with van der Waals surface area (Å²) in [6.45, 7) is 4.89. The van der Waals surface area contributed by atoms with Crippen LogP contribution in [0.25, 0.3) is 0 Å². The molecule has 2 atom stereocenters. The Morgan fingerprint density at radius 3 is 1.11 bits per heavy atom. The van der Waals surface area contributed by atoms with Crippen LogP contribution >= 0.6 is 0 Å². The Morgan fingerprint density at radius 1 is 0.415 bits per heavy atom. The van der Waals surface area contributed by atoms with Gasteiger partial charge in [-0.2, -0.15) is 0 Å². The van der Waals surface area contributed by atoms with Crippen LogP contribution in [0, 0.1) is 0 Å². The highest BCUT2D eigenvalue weighted by atomic mass is 16.5. The van der Waals surface area contributed by atoms with Gasteiger partial charge >= 0.3 is 5.97 Å². The van der Waals surface area contributed by atoms with Gasteiger partial charge in [0, 0.05) is 12.8 Å². The lowest BCUT2D eigenvalue weighted by Gasteiger charge is -2.20. The molecule has 0 radical (unpaired) electrons. The van der Waals surface area contributed by atoms with E-state index in [1.165, 1.54) is 244 Å². The first-order valence-corrected chi connectivity index (χ1v) is 29.1. The fourth-order valence-electron chi connectivity index (χ4n) is 8.98. The molecule has 0 aromatic heterocycles. The normalized spacial score (nSPS) is 12.7. The van der Waals surface area contributed by atoms with Crippen molar-refractivity contribution in [2.24, 2.45) is 0 Å². The smallest absolute Gasteiger partial charge is 0.305 e. The van der Waals surface area contributed by atoms with Crippen LogP contribution in [-0.4, -0.2) is 47.4 Å². The van der Waals surface area contributed by atoms with E-state index in [0.717, 1.165) is 44.9 Å². The number of amides is 1. The number of hydrogen-bond acceptors (Lipinski definition) is 5. The van der Waals surface area contributed by atoms with Crippen molar-refractivity contribution in [3.63, 3.8) is 0 Å². The quantitative estimate of drug-likeness (QED) is 0.0321. The fraction of sp³-hybridized carbons (Fsp3) is 0.898. The van der Waals surface area contributed by atoms with Gasteiger partial charge in [-0.05, 0) is 57.8 Å². The van der Waals surface area contributed by atoms with Crippen LogP contribution in [0.3, 0.4) is 0 Å². The highest BCUT2D eigenvalue weighted by molar-refractivity contribution is 5.76. The molecule has 0 aliphatic heterocycles. The van der Waals surface area contributed by atoms with E-state index in [4.69, 9.17) is 4.74 Å². The Balaban J connectivity index is 3.39. The van der Waals surface area contributed by atoms with Gasteiger partial charge in [0.1, 0.15) is 0 Å². The van der Waals surface area contributed by atoms with Crippen molar-refractivity contribution in [1.82, 2.24) is 5.32 Å². The summed E-state index contributed by atoms with van der Waals surface area (Å²) in [7, 11) is 0. The second-order valence-corrected chi connectivity index (χ2v) is 20.0. The molecule has 0 heterocycles. The fourth-order valence-corrected chi connectivity index (χ4v) is 8.98. The van der Waals surface area contributed by atoms with E-state index >= 15 is 0 Å². The minimum Gasteiger partial charge on any atom is -0.466 e. The number of nitrogens with one attached hydrogen (secondary N) is 1. The summed E-state index contributed by atoms with van der Waals surface area (Å²) in [5.41, 5.74) is 0. The van der Waals surface area contributed by atoms with Crippen LogP contribution < -0.4 is 5.32 Å². The van der Waals surface area contributed by atoms with Crippen LogP contribution in [-0.2, 0) is 14.3 Å². The van der Waals surface area contributed by atoms with Gasteiger partial charge in [0.25, 0.3) is 0 Å². The molecule has 0 aliphatic rings. The zero-order chi connectivity index (χ0) is 47.2. The van der Waals surface area contributed by atoms with Crippen molar-refractivity contribution in [3.8, 4) is 0 Å². The van der Waals surface area contributed by atoms with Crippen LogP contribution in [0.15, 0.2) is 24.3 Å². The molecule has 0 spiro atoms. The Bertz CT molecular complexity index is 1010. The molecule has 0 bridgehead atoms. The molecule has 6 nitrogen and oxygen atoms in total. The third kappa shape index (κ3) is 51.6. The maximum absolute atomic E-state index is 12.4. The summed E-state index contributed by atoms with van der Waals surface area (Å²) in [5, 5.41) is 23.1. The minimum atomic E-state index is -0.843. The van der Waals surface area contributed by atoms with Crippen LogP contribution in [0.1, 0.15) is 316 Å². The Morgan fingerprint density at radius 2 is 0.723 bits per heavy atom. The summed E-state index contributed by atoms with van der Waals surface area (Å²) in [6, 6.07) is -0.627. The topological polar surface area (TPSA) is 95.9 Å². The summed E-state index contributed by atoms with van der Waals surface area (Å²) < 4.78 is 5.47. The molecule has 1 amide bonds. The lowest BCUT2D eigenvalue weighted by Crippen LogP contribution is -2.45. The Labute approximate surface area is 405 Å². The van der Waals surface area contributed by atoms with Gasteiger partial charge in [-0.1, -0.05) is 269 Å². The second kappa shape index (κ2) is 54.9. The maximum Gasteiger partial charge on any atom is 0.305 e. The Kier molecular flexibility index (Phi) is 53.5. The van der Waals surface area contributed by atoms with Gasteiger partial charge in [0.15, 0.2) is 0 Å². The molecular formula is C59H113NO5. The second-order valence-electron chi connectivity index (χ2n) is 20.0. The van der Waals surface area contributed by atoms with Gasteiger partial charge in [-0.15, -0.1) is 0 Å². The van der Waals surface area contributed by atoms with Crippen molar-refractivity contribution in [2.45, 2.75) is 328 Å². The van der Waals surface area contributed by atoms with E-state index in [2.05, 4.69) is 31.3 Å². The number of carbonyl (C=O) groups is 2. The standard InChI is InChI=1S/C59H113NO5/c1-3-5-7-9-11-13-15-27-31-35-39-43-47-51-57(62)56(55-61)60-58(63)52-48-44-40-36-32-29-25-23-21-19-17-18-20-22-24-26-30-34-38-42-46-50-54-65-59(64)53-49-45-41-37-33-28-16-14-12-10-8-6-4-2/h14,16,47,51,56-57,61-62H,3-13,15,17-46,48-50,52-55H2,1-2H3,(H,60,63)/b16-14-,51-47+. The number of aliphatic hydroxyl groups excluding tert-OH is 2. The number of unbranched alkanes of at least 4 members (excludes halogenated alkanes) is 41. The molecule has 0 aliphatic carbocycles. The van der Waals surface area contributed by atoms with E-state index in [1.807, 2.05) is 6.08 Å². The van der Waals surface area contributed by atoms with Gasteiger partial charge in [-0.25, -0.2) is 0 Å². The molecule has 6 heteroatoms. The van der Waals surface area contributed by atoms with Gasteiger partial charge < -0.3 is 20.3 Å². The van der Waals surface area contributed by atoms with Crippen molar-refractivity contribution in [2.75, 3.05) is 13.2 Å². The lowest BCUT2D eigenvalue weighted by molar-refractivity contribution is -0.143. The molecule has 0 aromatic rings. The average Bonchev–Trinajstić information content (AvgIpc) is 3.31. The zero-order valence-corrected chi connectivity index (χ0v) is 43.7. The molecule has 2 unspecified atom stereocenters. The molecular weight excluding hydrogens is 803 g/mol. The van der Waals surface area contributed by atoms with Crippen molar-refractivity contribution < 1.29 is 24.5 Å². The molecule has 0 saturated carbocycles. The number of rotatable bonds is 54. The predicted octanol–water partition coefficient (Wildman–Crippen LogP) is 17.9. The Hall–Kier alpha value is -1.66. The summed E-state index contributed by atoms with van der Waals surface area (Å²) >= 11 is 0. The number of ether oxygens (including phenoxy) is 1. The maximum atomic E-state index is 12.4. The van der Waals surface area contributed by atoms with Crippen LogP contribution in [0.2, 0.25) is 0 Å². The first kappa shape index (κ1) is 63.3. The molecule has 0 rings (SSSR count). The van der Waals surface area contributed by atoms with Crippen LogP contribution in [0.5, 0.6) is 0 Å². The minimum absolute atomic E-state index is 0.00341. The number of aliphatic hydroxyl groups is 2. The van der Waals surface area contributed by atoms with Crippen molar-refractivity contribution in [1.29, 1.82) is 0 Å². The molecule has 65 heavy (non-hydrogen) atoms. The van der Waals surface area contributed by atoms with E-state index in [1.54, 1.807) is 6.08 Å². The predicted molar refractivity (Wildman–Crippen MR) is 283 cm³/mol. The third-order valence-electron chi connectivity index (χ3n) is 13.5. The molecule has 0 fully saturated rings. The summed E-state index contributed by atoms with van der Waals surface area (Å²) in [4.78, 5) is 24.5. The van der Waals surface area contributed by atoms with E-state index in [0.29, 0.717) is 19.4 Å². The van der Waals surface area contributed by atoms with E-state index in [9.17, 15) is 19.8 Å². The van der Waals surface area contributed by atoms with E-state index in [-0.39, 0.29) is 18.5 Å². The summed E-state index contributed by atoms with van der Waals surface area (Å²) in [6.07, 6.45) is 66.3. The molecule has 3 N–H and O–H groups in total. The van der Waals surface area contributed by atoms with Gasteiger partial charge in [-0.3, -0.25) is 9.59 Å². The lowest BCUT2D eigenvalue weighted by atomic mass is 10.0. The SMILES string of the molecule is CCCCCC/C=C\CCCCCCCC(=O)OCCCCCCCCCCCCCCCCCCCCCCCCC(=O)NC(CO)C(O)/C=C/CCCCCCCCCCCCC. The third-order valence-corrected chi connectivity index (χ3v) is 13.5. The molecule has 0 aromatic carbocycles. The zero-order valence-electron chi connectivity index (χ0n) is 43.7. The highest BCUT2D eigenvalue weighted by Crippen LogP contribution is 2.17. The largest absolute Gasteiger partial charge is 0.466 e. The number of hydrogen-bond donors (Lipinski definition) is 3. The van der Waals surface area contributed by atoms with Crippen molar-refractivity contribution >= 4 is 11.9 Å². The number of carbonyl (C=O) groups excluding carboxylic acids is 2. The van der Waals surface area contributed by atoms with Gasteiger partial charge in [0.05, 0.1) is 25.4 Å². The average molecular weight is 917 g/mol. The van der Waals surface area contributed by atoms with Crippen molar-refractivity contribution in [3.05, 3.63) is 24.3 Å². The monoisotopic (exact) mass is 916 g/mol. The van der Waals surface area contributed by atoms with E-state index < -0.39 is 12.1 Å². The number of allylic oxidation sites excluding steroid dienone is 3. The first-order chi connectivity index (χ1) is 32.0. The summed E-state index contributed by atoms with van der Waals surface area (Å²) in [5.74, 6) is -0.0644. The molecule has 0 saturated heterocycles. The highest BCUT2D eigenvalue weighted by Gasteiger charge is 2.18. The number of esters is 1. The van der Waals surface area contributed by atoms with Crippen LogP contribution in [0.4, 0.5) is 0 Å². The van der Waals surface area contributed by atoms with Gasteiger partial charge in [0.2, 0.25) is 5.91 Å². The first-order valence-electron chi connectivity index (χ1n) is 29.1. The molecule has 384 valence electrons.